The largest absolute Gasteiger partial charge is 0.464 e. The van der Waals surface area contributed by atoms with Crippen LogP contribution in [0.15, 0.2) is 0 Å². The Morgan fingerprint density at radius 2 is 1.25 bits per heavy atom. The standard InChI is InChI=1S/C10H18O6/c1-3-5-15-9(13)7(11)8(12)10(14)16-6-4-2/h7-8,11-12H,3-6H2,1-2H3/t7-,8+. The van der Waals surface area contributed by atoms with Crippen molar-refractivity contribution in [2.45, 2.75) is 38.9 Å². The Labute approximate surface area is 94.2 Å². The van der Waals surface area contributed by atoms with Crippen molar-refractivity contribution in [3.05, 3.63) is 0 Å². The van der Waals surface area contributed by atoms with Gasteiger partial charge in [0.15, 0.2) is 12.2 Å². The Hall–Kier alpha value is -1.14. The van der Waals surface area contributed by atoms with Crippen molar-refractivity contribution in [2.75, 3.05) is 13.2 Å². The summed E-state index contributed by atoms with van der Waals surface area (Å²) >= 11 is 0. The van der Waals surface area contributed by atoms with Gasteiger partial charge in [0.25, 0.3) is 0 Å². The van der Waals surface area contributed by atoms with Crippen molar-refractivity contribution < 1.29 is 29.3 Å². The maximum Gasteiger partial charge on any atom is 0.338 e. The number of aliphatic hydroxyl groups is 2. The van der Waals surface area contributed by atoms with Crippen LogP contribution in [0.5, 0.6) is 0 Å². The predicted molar refractivity (Wildman–Crippen MR) is 54.5 cm³/mol. The summed E-state index contributed by atoms with van der Waals surface area (Å²) in [6.45, 7) is 3.83. The van der Waals surface area contributed by atoms with E-state index < -0.39 is 24.1 Å². The van der Waals surface area contributed by atoms with Crippen molar-refractivity contribution in [2.24, 2.45) is 0 Å². The van der Waals surface area contributed by atoms with Gasteiger partial charge < -0.3 is 19.7 Å². The van der Waals surface area contributed by atoms with E-state index in [4.69, 9.17) is 0 Å². The molecule has 0 aromatic heterocycles. The molecule has 0 rings (SSSR count). The van der Waals surface area contributed by atoms with Gasteiger partial charge in [-0.05, 0) is 12.8 Å². The van der Waals surface area contributed by atoms with E-state index in [1.165, 1.54) is 0 Å². The summed E-state index contributed by atoms with van der Waals surface area (Å²) in [5.41, 5.74) is 0. The maximum absolute atomic E-state index is 11.1. The van der Waals surface area contributed by atoms with Gasteiger partial charge in [0.2, 0.25) is 0 Å². The first kappa shape index (κ1) is 14.9. The Morgan fingerprint density at radius 3 is 1.50 bits per heavy atom. The predicted octanol–water partition coefficient (Wildman–Crippen LogP) is -0.385. The minimum Gasteiger partial charge on any atom is -0.464 e. The normalized spacial score (nSPS) is 14.0. The number of ether oxygens (including phenoxy) is 2. The zero-order valence-electron chi connectivity index (χ0n) is 9.51. The van der Waals surface area contributed by atoms with Crippen LogP contribution in [0.1, 0.15) is 26.7 Å². The summed E-state index contributed by atoms with van der Waals surface area (Å²) < 4.78 is 9.14. The molecule has 0 saturated carbocycles. The molecule has 0 aliphatic carbocycles. The van der Waals surface area contributed by atoms with E-state index in [1.807, 2.05) is 0 Å². The number of carbonyl (C=O) groups is 2. The van der Waals surface area contributed by atoms with Crippen molar-refractivity contribution in [3.8, 4) is 0 Å². The van der Waals surface area contributed by atoms with Crippen LogP contribution < -0.4 is 0 Å². The second kappa shape index (κ2) is 8.06. The Kier molecular flexibility index (Phi) is 7.49. The Bertz CT molecular complexity index is 203. The van der Waals surface area contributed by atoms with Crippen molar-refractivity contribution in [3.63, 3.8) is 0 Å². The monoisotopic (exact) mass is 234 g/mol. The molecule has 0 aromatic rings. The summed E-state index contributed by atoms with van der Waals surface area (Å²) in [5.74, 6) is -2.05. The van der Waals surface area contributed by atoms with Crippen LogP contribution in [0.25, 0.3) is 0 Å². The molecular formula is C10H18O6. The van der Waals surface area contributed by atoms with Gasteiger partial charge in [0.1, 0.15) is 0 Å². The molecular weight excluding hydrogens is 216 g/mol. The lowest BCUT2D eigenvalue weighted by molar-refractivity contribution is -0.173. The molecule has 0 fully saturated rings. The van der Waals surface area contributed by atoms with Crippen LogP contribution in [-0.4, -0.2) is 47.6 Å². The van der Waals surface area contributed by atoms with Gasteiger partial charge >= 0.3 is 11.9 Å². The number of hydrogen-bond acceptors (Lipinski definition) is 6. The number of hydrogen-bond donors (Lipinski definition) is 2. The minimum absolute atomic E-state index is 0.132. The molecule has 2 atom stereocenters. The second-order valence-corrected chi connectivity index (χ2v) is 3.22. The fourth-order valence-corrected chi connectivity index (χ4v) is 0.834. The number of rotatable bonds is 7. The lowest BCUT2D eigenvalue weighted by atomic mass is 10.2. The summed E-state index contributed by atoms with van der Waals surface area (Å²) in [7, 11) is 0. The van der Waals surface area contributed by atoms with E-state index in [1.54, 1.807) is 13.8 Å². The highest BCUT2D eigenvalue weighted by molar-refractivity contribution is 5.85. The van der Waals surface area contributed by atoms with Crippen molar-refractivity contribution >= 4 is 11.9 Å². The first-order valence-corrected chi connectivity index (χ1v) is 5.24. The van der Waals surface area contributed by atoms with Crippen LogP contribution in [0, 0.1) is 0 Å². The SMILES string of the molecule is CCCOC(=O)[C@@H](O)[C@@H](O)C(=O)OCCC. The third-order valence-corrected chi connectivity index (χ3v) is 1.68. The molecule has 94 valence electrons. The van der Waals surface area contributed by atoms with E-state index in [-0.39, 0.29) is 13.2 Å². The van der Waals surface area contributed by atoms with Crippen molar-refractivity contribution in [1.82, 2.24) is 0 Å². The number of carbonyl (C=O) groups excluding carboxylic acids is 2. The lowest BCUT2D eigenvalue weighted by Gasteiger charge is -2.15. The van der Waals surface area contributed by atoms with Gasteiger partial charge in [-0.2, -0.15) is 0 Å². The molecule has 0 aliphatic heterocycles. The summed E-state index contributed by atoms with van der Waals surface area (Å²) in [6.07, 6.45) is -2.60. The maximum atomic E-state index is 11.1. The first-order chi connectivity index (χ1) is 7.54. The van der Waals surface area contributed by atoms with Gasteiger partial charge in [0.05, 0.1) is 13.2 Å². The molecule has 0 saturated heterocycles. The molecule has 0 unspecified atom stereocenters. The first-order valence-electron chi connectivity index (χ1n) is 5.24. The molecule has 6 heteroatoms. The topological polar surface area (TPSA) is 93.1 Å². The Morgan fingerprint density at radius 1 is 0.938 bits per heavy atom. The molecule has 2 N–H and O–H groups in total. The van der Waals surface area contributed by atoms with E-state index in [0.29, 0.717) is 12.8 Å². The summed E-state index contributed by atoms with van der Waals surface area (Å²) in [5, 5.41) is 18.5. The average molecular weight is 234 g/mol. The summed E-state index contributed by atoms with van der Waals surface area (Å²) in [6, 6.07) is 0. The van der Waals surface area contributed by atoms with E-state index >= 15 is 0 Å². The molecule has 0 aromatic carbocycles. The van der Waals surface area contributed by atoms with Crippen LogP contribution in [0.3, 0.4) is 0 Å². The van der Waals surface area contributed by atoms with Crippen LogP contribution >= 0.6 is 0 Å². The van der Waals surface area contributed by atoms with Gasteiger partial charge in [-0.1, -0.05) is 13.8 Å². The van der Waals surface area contributed by atoms with Crippen LogP contribution in [0.2, 0.25) is 0 Å². The zero-order valence-corrected chi connectivity index (χ0v) is 9.51. The van der Waals surface area contributed by atoms with Gasteiger partial charge in [0, 0.05) is 0 Å². The zero-order chi connectivity index (χ0) is 12.6. The average Bonchev–Trinajstić information content (AvgIpc) is 2.30. The molecule has 0 spiro atoms. The highest BCUT2D eigenvalue weighted by Crippen LogP contribution is 2.00. The highest BCUT2D eigenvalue weighted by Gasteiger charge is 2.32. The third-order valence-electron chi connectivity index (χ3n) is 1.68. The molecule has 0 amide bonds. The fraction of sp³-hybridized carbons (Fsp3) is 0.800. The number of aliphatic hydroxyl groups excluding tert-OH is 2. The molecule has 0 bridgehead atoms. The smallest absolute Gasteiger partial charge is 0.338 e. The molecule has 0 heterocycles. The molecule has 0 aliphatic rings. The van der Waals surface area contributed by atoms with Gasteiger partial charge in [-0.15, -0.1) is 0 Å². The van der Waals surface area contributed by atoms with E-state index in [2.05, 4.69) is 9.47 Å². The minimum atomic E-state index is -1.89. The highest BCUT2D eigenvalue weighted by atomic mass is 16.6. The van der Waals surface area contributed by atoms with Gasteiger partial charge in [-0.25, -0.2) is 9.59 Å². The van der Waals surface area contributed by atoms with E-state index in [0.717, 1.165) is 0 Å². The molecule has 16 heavy (non-hydrogen) atoms. The lowest BCUT2D eigenvalue weighted by Crippen LogP contribution is -2.41. The Balaban J connectivity index is 4.09. The molecule has 6 nitrogen and oxygen atoms in total. The fourth-order valence-electron chi connectivity index (χ4n) is 0.834. The van der Waals surface area contributed by atoms with Crippen LogP contribution in [-0.2, 0) is 19.1 Å². The molecule has 0 radical (unpaired) electrons. The second-order valence-electron chi connectivity index (χ2n) is 3.22. The van der Waals surface area contributed by atoms with Crippen LogP contribution in [0.4, 0.5) is 0 Å². The third kappa shape index (κ3) is 5.09. The van der Waals surface area contributed by atoms with Crippen molar-refractivity contribution in [1.29, 1.82) is 0 Å². The van der Waals surface area contributed by atoms with Gasteiger partial charge in [-0.3, -0.25) is 0 Å². The quantitative estimate of drug-likeness (QED) is 0.583. The summed E-state index contributed by atoms with van der Waals surface area (Å²) in [4.78, 5) is 22.2. The number of esters is 2. The van der Waals surface area contributed by atoms with E-state index in [9.17, 15) is 19.8 Å².